The van der Waals surface area contributed by atoms with Crippen molar-refractivity contribution < 1.29 is 14.7 Å². The molecule has 5 heteroatoms. The first-order chi connectivity index (χ1) is 9.98. The van der Waals surface area contributed by atoms with Crippen molar-refractivity contribution in [3.63, 3.8) is 0 Å². The summed E-state index contributed by atoms with van der Waals surface area (Å²) in [6.45, 7) is 3.29. The van der Waals surface area contributed by atoms with Crippen molar-refractivity contribution in [1.82, 2.24) is 5.32 Å². The van der Waals surface area contributed by atoms with Crippen LogP contribution in [-0.4, -0.2) is 30.2 Å². The average Bonchev–Trinajstić information content (AvgIpc) is 3.08. The summed E-state index contributed by atoms with van der Waals surface area (Å²) in [5, 5.41) is 12.0. The van der Waals surface area contributed by atoms with Crippen molar-refractivity contribution in [2.75, 3.05) is 18.0 Å². The third-order valence-electron chi connectivity index (χ3n) is 4.51. The Kier molecular flexibility index (Phi) is 3.35. The monoisotopic (exact) mass is 288 g/mol. The van der Waals surface area contributed by atoms with Crippen LogP contribution in [0.25, 0.3) is 0 Å². The van der Waals surface area contributed by atoms with E-state index >= 15 is 0 Å². The van der Waals surface area contributed by atoms with Crippen molar-refractivity contribution in [1.29, 1.82) is 0 Å². The number of urea groups is 1. The van der Waals surface area contributed by atoms with E-state index in [1.54, 1.807) is 4.90 Å². The van der Waals surface area contributed by atoms with E-state index in [0.29, 0.717) is 13.1 Å². The molecule has 0 spiro atoms. The number of anilines is 1. The highest BCUT2D eigenvalue weighted by Crippen LogP contribution is 2.44. The number of carboxylic acids is 1. The summed E-state index contributed by atoms with van der Waals surface area (Å²) in [4.78, 5) is 25.0. The predicted molar refractivity (Wildman–Crippen MR) is 79.5 cm³/mol. The van der Waals surface area contributed by atoms with Gasteiger partial charge in [-0.1, -0.05) is 25.1 Å². The average molecular weight is 288 g/mol. The van der Waals surface area contributed by atoms with E-state index in [-0.39, 0.29) is 23.8 Å². The molecule has 0 aromatic heterocycles. The minimum Gasteiger partial charge on any atom is -0.481 e. The van der Waals surface area contributed by atoms with Gasteiger partial charge in [-0.05, 0) is 29.9 Å². The molecule has 112 valence electrons. The Morgan fingerprint density at radius 1 is 1.38 bits per heavy atom. The second-order valence-electron chi connectivity index (χ2n) is 6.43. The van der Waals surface area contributed by atoms with Gasteiger partial charge in [0, 0.05) is 24.7 Å². The van der Waals surface area contributed by atoms with Crippen molar-refractivity contribution in [2.45, 2.75) is 32.1 Å². The molecule has 3 rings (SSSR count). The molecular weight excluding hydrogens is 268 g/mol. The number of carbonyl (C=O) groups excluding carboxylic acids is 1. The lowest BCUT2D eigenvalue weighted by atomic mass is 9.98. The molecule has 1 unspecified atom stereocenters. The van der Waals surface area contributed by atoms with Crippen molar-refractivity contribution >= 4 is 17.7 Å². The first-order valence-electron chi connectivity index (χ1n) is 7.35. The van der Waals surface area contributed by atoms with Gasteiger partial charge in [0.25, 0.3) is 0 Å². The molecule has 1 heterocycles. The van der Waals surface area contributed by atoms with Gasteiger partial charge < -0.3 is 10.4 Å². The van der Waals surface area contributed by atoms with Gasteiger partial charge in [0.2, 0.25) is 0 Å². The zero-order valence-electron chi connectivity index (χ0n) is 12.1. The summed E-state index contributed by atoms with van der Waals surface area (Å²) in [6.07, 6.45) is 2.37. The molecule has 1 saturated carbocycles. The Bertz CT molecular complexity index is 581. The quantitative estimate of drug-likeness (QED) is 0.894. The van der Waals surface area contributed by atoms with Crippen LogP contribution in [0.5, 0.6) is 0 Å². The smallest absolute Gasteiger partial charge is 0.321 e. The lowest BCUT2D eigenvalue weighted by Gasteiger charge is -2.20. The van der Waals surface area contributed by atoms with E-state index in [4.69, 9.17) is 5.11 Å². The molecule has 1 fully saturated rings. The van der Waals surface area contributed by atoms with Gasteiger partial charge in [-0.2, -0.15) is 0 Å². The highest BCUT2D eigenvalue weighted by Gasteiger charge is 2.39. The summed E-state index contributed by atoms with van der Waals surface area (Å²) < 4.78 is 0. The highest BCUT2D eigenvalue weighted by atomic mass is 16.4. The van der Waals surface area contributed by atoms with Crippen LogP contribution in [-0.2, 0) is 4.79 Å². The molecule has 2 amide bonds. The van der Waals surface area contributed by atoms with Crippen LogP contribution < -0.4 is 10.2 Å². The molecule has 0 radical (unpaired) electrons. The second kappa shape index (κ2) is 5.06. The van der Waals surface area contributed by atoms with E-state index in [9.17, 15) is 9.59 Å². The SMILES string of the molecule is CC1(CNC(=O)N2CC(CC(=O)O)c3ccccc32)CC1. The van der Waals surface area contributed by atoms with Gasteiger partial charge >= 0.3 is 12.0 Å². The topological polar surface area (TPSA) is 69.6 Å². The number of amides is 2. The number of nitrogens with zero attached hydrogens (tertiary/aromatic N) is 1. The number of para-hydroxylation sites is 1. The van der Waals surface area contributed by atoms with E-state index in [2.05, 4.69) is 12.2 Å². The van der Waals surface area contributed by atoms with Crippen molar-refractivity contribution in [3.05, 3.63) is 29.8 Å². The fraction of sp³-hybridized carbons (Fsp3) is 0.500. The third kappa shape index (κ3) is 2.86. The van der Waals surface area contributed by atoms with E-state index in [1.807, 2.05) is 24.3 Å². The number of aliphatic carboxylic acids is 1. The van der Waals surface area contributed by atoms with Crippen LogP contribution in [0.2, 0.25) is 0 Å². The summed E-state index contributed by atoms with van der Waals surface area (Å²) in [5.74, 6) is -0.955. The van der Waals surface area contributed by atoms with Crippen LogP contribution >= 0.6 is 0 Å². The van der Waals surface area contributed by atoms with Gasteiger partial charge in [-0.3, -0.25) is 9.69 Å². The van der Waals surface area contributed by atoms with E-state index in [0.717, 1.165) is 24.1 Å². The molecule has 1 aliphatic heterocycles. The van der Waals surface area contributed by atoms with Crippen LogP contribution in [0.1, 0.15) is 37.7 Å². The second-order valence-corrected chi connectivity index (χ2v) is 6.43. The molecule has 2 N–H and O–H groups in total. The maximum absolute atomic E-state index is 12.4. The predicted octanol–water partition coefficient (Wildman–Crippen LogP) is 2.57. The molecule has 0 saturated heterocycles. The van der Waals surface area contributed by atoms with Crippen LogP contribution in [0, 0.1) is 5.41 Å². The number of fused-ring (bicyclic) bond motifs is 1. The van der Waals surface area contributed by atoms with Crippen molar-refractivity contribution in [3.8, 4) is 0 Å². The van der Waals surface area contributed by atoms with E-state index in [1.165, 1.54) is 0 Å². The van der Waals surface area contributed by atoms with Gasteiger partial charge in [0.05, 0.1) is 6.42 Å². The first kappa shape index (κ1) is 13.9. The number of rotatable bonds is 4. The summed E-state index contributed by atoms with van der Waals surface area (Å²) in [5.41, 5.74) is 2.05. The largest absolute Gasteiger partial charge is 0.481 e. The Labute approximate surface area is 123 Å². The van der Waals surface area contributed by atoms with Gasteiger partial charge in [-0.15, -0.1) is 0 Å². The zero-order valence-corrected chi connectivity index (χ0v) is 12.1. The Morgan fingerprint density at radius 3 is 2.76 bits per heavy atom. The Balaban J connectivity index is 1.73. The van der Waals surface area contributed by atoms with Gasteiger partial charge in [-0.25, -0.2) is 4.79 Å². The summed E-state index contributed by atoms with van der Waals surface area (Å²) in [6, 6.07) is 7.45. The third-order valence-corrected chi connectivity index (χ3v) is 4.51. The fourth-order valence-electron chi connectivity index (χ4n) is 2.85. The number of carboxylic acid groups (broad SMARTS) is 1. The molecule has 1 aliphatic carbocycles. The van der Waals surface area contributed by atoms with E-state index < -0.39 is 5.97 Å². The van der Waals surface area contributed by atoms with Gasteiger partial charge in [0.15, 0.2) is 0 Å². The fourth-order valence-corrected chi connectivity index (χ4v) is 2.85. The normalized spacial score (nSPS) is 21.8. The molecular formula is C16H20N2O3. The summed E-state index contributed by atoms with van der Waals surface area (Å²) >= 11 is 0. The zero-order chi connectivity index (χ0) is 15.0. The van der Waals surface area contributed by atoms with Crippen LogP contribution in [0.4, 0.5) is 10.5 Å². The summed E-state index contributed by atoms with van der Waals surface area (Å²) in [7, 11) is 0. The van der Waals surface area contributed by atoms with Crippen molar-refractivity contribution in [2.24, 2.45) is 5.41 Å². The van der Waals surface area contributed by atoms with Crippen LogP contribution in [0.3, 0.4) is 0 Å². The minimum atomic E-state index is -0.831. The number of nitrogens with one attached hydrogen (secondary N) is 1. The van der Waals surface area contributed by atoms with Crippen LogP contribution in [0.15, 0.2) is 24.3 Å². The highest BCUT2D eigenvalue weighted by molar-refractivity contribution is 5.95. The minimum absolute atomic E-state index is 0.0541. The molecule has 0 bridgehead atoms. The number of benzene rings is 1. The Hall–Kier alpha value is -2.04. The number of hydrogen-bond donors (Lipinski definition) is 2. The molecule has 2 aliphatic rings. The molecule has 1 aromatic rings. The molecule has 1 atom stereocenters. The lowest BCUT2D eigenvalue weighted by molar-refractivity contribution is -0.137. The first-order valence-corrected chi connectivity index (χ1v) is 7.35. The maximum atomic E-state index is 12.4. The van der Waals surface area contributed by atoms with Gasteiger partial charge in [0.1, 0.15) is 0 Å². The molecule has 1 aromatic carbocycles. The molecule has 5 nitrogen and oxygen atoms in total. The Morgan fingerprint density at radius 2 is 2.10 bits per heavy atom. The standard InChI is InChI=1S/C16H20N2O3/c1-16(6-7-16)10-17-15(21)18-9-11(8-14(19)20)12-4-2-3-5-13(12)18/h2-5,11H,6-10H2,1H3,(H,17,21)(H,19,20). The maximum Gasteiger partial charge on any atom is 0.321 e. The lowest BCUT2D eigenvalue weighted by Crippen LogP contribution is -2.41. The number of carbonyl (C=O) groups is 2. The molecule has 21 heavy (non-hydrogen) atoms. The number of hydrogen-bond acceptors (Lipinski definition) is 2.